The fourth-order valence-corrected chi connectivity index (χ4v) is 3.88. The smallest absolute Gasteiger partial charge is 0.120 e. The molecule has 0 bridgehead atoms. The molecule has 1 aliphatic carbocycles. The summed E-state index contributed by atoms with van der Waals surface area (Å²) in [5.41, 5.74) is 2.58. The summed E-state index contributed by atoms with van der Waals surface area (Å²) < 4.78 is 6.15. The van der Waals surface area contributed by atoms with E-state index < -0.39 is 0 Å². The van der Waals surface area contributed by atoms with Gasteiger partial charge in [0, 0.05) is 38.9 Å². The summed E-state index contributed by atoms with van der Waals surface area (Å²) in [7, 11) is 0. The summed E-state index contributed by atoms with van der Waals surface area (Å²) >= 11 is 0. The van der Waals surface area contributed by atoms with Gasteiger partial charge in [0.25, 0.3) is 0 Å². The first-order chi connectivity index (χ1) is 12.4. The molecule has 2 aromatic rings. The number of aromatic nitrogens is 1. The zero-order valence-electron chi connectivity index (χ0n) is 14.8. The van der Waals surface area contributed by atoms with Gasteiger partial charge in [0.15, 0.2) is 0 Å². The number of hydrogen-bond donors (Lipinski definition) is 0. The van der Waals surface area contributed by atoms with Crippen molar-refractivity contribution in [2.45, 2.75) is 38.3 Å². The normalized spacial score (nSPS) is 19.3. The van der Waals surface area contributed by atoms with E-state index in [1.54, 1.807) is 0 Å². The van der Waals surface area contributed by atoms with Crippen molar-refractivity contribution < 1.29 is 4.74 Å². The lowest BCUT2D eigenvalue weighted by Crippen LogP contribution is -2.46. The number of nitrogens with zero attached hydrogens (tertiary/aromatic N) is 3. The minimum absolute atomic E-state index is 0.429. The van der Waals surface area contributed by atoms with E-state index in [2.05, 4.69) is 45.1 Å². The molecule has 4 nitrogen and oxygen atoms in total. The van der Waals surface area contributed by atoms with Crippen molar-refractivity contribution in [3.05, 3.63) is 54.4 Å². The molecule has 0 N–H and O–H groups in total. The van der Waals surface area contributed by atoms with Crippen molar-refractivity contribution in [1.29, 1.82) is 0 Å². The van der Waals surface area contributed by atoms with E-state index in [-0.39, 0.29) is 0 Å². The molecule has 1 saturated heterocycles. The third-order valence-corrected chi connectivity index (χ3v) is 5.29. The van der Waals surface area contributed by atoms with Crippen molar-refractivity contribution >= 4 is 5.69 Å². The highest BCUT2D eigenvalue weighted by atomic mass is 16.5. The molecule has 2 heterocycles. The molecule has 0 atom stereocenters. The fourth-order valence-electron chi connectivity index (χ4n) is 3.88. The number of rotatable bonds is 5. The van der Waals surface area contributed by atoms with Crippen LogP contribution in [0.4, 0.5) is 5.69 Å². The summed E-state index contributed by atoms with van der Waals surface area (Å²) in [6.45, 7) is 5.29. The van der Waals surface area contributed by atoms with Gasteiger partial charge < -0.3 is 9.64 Å². The SMILES string of the molecule is c1cc(CN2CCN(c3cccnc3)CC2)cc(OC2CCCC2)c1. The van der Waals surface area contributed by atoms with Gasteiger partial charge in [0.1, 0.15) is 5.75 Å². The maximum Gasteiger partial charge on any atom is 0.120 e. The molecule has 4 heteroatoms. The van der Waals surface area contributed by atoms with Crippen LogP contribution in [0.1, 0.15) is 31.2 Å². The second kappa shape index (κ2) is 7.87. The predicted molar refractivity (Wildman–Crippen MR) is 101 cm³/mol. The van der Waals surface area contributed by atoms with Gasteiger partial charge in [-0.3, -0.25) is 9.88 Å². The first kappa shape index (κ1) is 16.4. The average Bonchev–Trinajstić information content (AvgIpc) is 3.16. The third-order valence-electron chi connectivity index (χ3n) is 5.29. The molecule has 0 spiro atoms. The van der Waals surface area contributed by atoms with Crippen LogP contribution >= 0.6 is 0 Å². The van der Waals surface area contributed by atoms with Crippen molar-refractivity contribution in [3.8, 4) is 5.75 Å². The molecule has 0 unspecified atom stereocenters. The van der Waals surface area contributed by atoms with Crippen LogP contribution in [0.5, 0.6) is 5.75 Å². The molecule has 4 rings (SSSR count). The van der Waals surface area contributed by atoms with Crippen molar-refractivity contribution in [2.75, 3.05) is 31.1 Å². The molecule has 2 aliphatic rings. The molecule has 1 aliphatic heterocycles. The lowest BCUT2D eigenvalue weighted by molar-refractivity contribution is 0.209. The Bertz CT molecular complexity index is 662. The summed E-state index contributed by atoms with van der Waals surface area (Å²) in [6, 6.07) is 12.8. The van der Waals surface area contributed by atoms with Gasteiger partial charge in [-0.2, -0.15) is 0 Å². The first-order valence-corrected chi connectivity index (χ1v) is 9.50. The molecular weight excluding hydrogens is 310 g/mol. The number of pyridine rings is 1. The van der Waals surface area contributed by atoms with Crippen LogP contribution in [0.3, 0.4) is 0 Å². The van der Waals surface area contributed by atoms with Gasteiger partial charge in [-0.15, -0.1) is 0 Å². The highest BCUT2D eigenvalue weighted by molar-refractivity contribution is 5.44. The predicted octanol–water partition coefficient (Wildman–Crippen LogP) is 3.73. The Hall–Kier alpha value is -2.07. The lowest BCUT2D eigenvalue weighted by Gasteiger charge is -2.36. The summed E-state index contributed by atoms with van der Waals surface area (Å²) in [5.74, 6) is 1.04. The Balaban J connectivity index is 1.31. The summed E-state index contributed by atoms with van der Waals surface area (Å²) in [4.78, 5) is 9.18. The van der Waals surface area contributed by atoms with Crippen LogP contribution in [0.2, 0.25) is 0 Å². The van der Waals surface area contributed by atoms with Crippen LogP contribution in [-0.2, 0) is 6.54 Å². The zero-order chi connectivity index (χ0) is 16.9. The maximum atomic E-state index is 6.15. The number of anilines is 1. The number of ether oxygens (including phenoxy) is 1. The minimum atomic E-state index is 0.429. The van der Waals surface area contributed by atoms with E-state index in [0.717, 1.165) is 38.5 Å². The second-order valence-corrected chi connectivity index (χ2v) is 7.15. The van der Waals surface area contributed by atoms with E-state index in [1.165, 1.54) is 36.9 Å². The Labute approximate surface area is 150 Å². The largest absolute Gasteiger partial charge is 0.490 e. The van der Waals surface area contributed by atoms with Gasteiger partial charge in [-0.1, -0.05) is 12.1 Å². The summed E-state index contributed by atoms with van der Waals surface area (Å²) in [6.07, 6.45) is 9.26. The van der Waals surface area contributed by atoms with E-state index in [4.69, 9.17) is 4.74 Å². The monoisotopic (exact) mass is 337 g/mol. The van der Waals surface area contributed by atoms with Crippen molar-refractivity contribution in [1.82, 2.24) is 9.88 Å². The molecule has 1 aromatic heterocycles. The fraction of sp³-hybridized carbons (Fsp3) is 0.476. The number of benzene rings is 1. The quantitative estimate of drug-likeness (QED) is 0.831. The molecule has 25 heavy (non-hydrogen) atoms. The Morgan fingerprint density at radius 1 is 1.00 bits per heavy atom. The standard InChI is InChI=1S/C21H27N3O/c1-2-8-20(7-1)25-21-9-3-5-18(15-21)17-23-11-13-24(14-12-23)19-6-4-10-22-16-19/h3-6,9-10,15-16,20H,1-2,7-8,11-14,17H2. The van der Waals surface area contributed by atoms with Crippen LogP contribution in [0.15, 0.2) is 48.8 Å². The molecule has 0 amide bonds. The van der Waals surface area contributed by atoms with Crippen molar-refractivity contribution in [2.24, 2.45) is 0 Å². The van der Waals surface area contributed by atoms with E-state index in [9.17, 15) is 0 Å². The Kier molecular flexibility index (Phi) is 5.17. The van der Waals surface area contributed by atoms with Crippen LogP contribution in [-0.4, -0.2) is 42.2 Å². The van der Waals surface area contributed by atoms with Gasteiger partial charge in [0.05, 0.1) is 18.0 Å². The summed E-state index contributed by atoms with van der Waals surface area (Å²) in [5, 5.41) is 0. The zero-order valence-corrected chi connectivity index (χ0v) is 14.8. The highest BCUT2D eigenvalue weighted by Gasteiger charge is 2.19. The molecular formula is C21H27N3O. The average molecular weight is 337 g/mol. The molecule has 2 fully saturated rings. The number of hydrogen-bond acceptors (Lipinski definition) is 4. The van der Waals surface area contributed by atoms with Gasteiger partial charge in [-0.25, -0.2) is 0 Å². The molecule has 0 radical (unpaired) electrons. The minimum Gasteiger partial charge on any atom is -0.490 e. The Morgan fingerprint density at radius 2 is 1.84 bits per heavy atom. The molecule has 132 valence electrons. The maximum absolute atomic E-state index is 6.15. The second-order valence-electron chi connectivity index (χ2n) is 7.15. The van der Waals surface area contributed by atoms with E-state index >= 15 is 0 Å². The molecule has 1 aromatic carbocycles. The van der Waals surface area contributed by atoms with Gasteiger partial charge in [0.2, 0.25) is 0 Å². The van der Waals surface area contributed by atoms with E-state index in [1.807, 2.05) is 18.5 Å². The lowest BCUT2D eigenvalue weighted by atomic mass is 10.1. The van der Waals surface area contributed by atoms with E-state index in [0.29, 0.717) is 6.10 Å². The number of piperazine rings is 1. The van der Waals surface area contributed by atoms with Crippen LogP contribution in [0, 0.1) is 0 Å². The first-order valence-electron chi connectivity index (χ1n) is 9.50. The Morgan fingerprint density at radius 3 is 2.60 bits per heavy atom. The highest BCUT2D eigenvalue weighted by Crippen LogP contribution is 2.25. The van der Waals surface area contributed by atoms with Gasteiger partial charge >= 0.3 is 0 Å². The third kappa shape index (κ3) is 4.31. The van der Waals surface area contributed by atoms with Crippen LogP contribution < -0.4 is 9.64 Å². The van der Waals surface area contributed by atoms with Crippen LogP contribution in [0.25, 0.3) is 0 Å². The van der Waals surface area contributed by atoms with Gasteiger partial charge in [-0.05, 0) is 55.5 Å². The topological polar surface area (TPSA) is 28.6 Å². The van der Waals surface area contributed by atoms with Crippen molar-refractivity contribution in [3.63, 3.8) is 0 Å². The molecule has 1 saturated carbocycles.